The van der Waals surface area contributed by atoms with Crippen LogP contribution in [0, 0.1) is 6.92 Å². The summed E-state index contributed by atoms with van der Waals surface area (Å²) in [6.07, 6.45) is 1.69. The van der Waals surface area contributed by atoms with Crippen molar-refractivity contribution in [2.24, 2.45) is 0 Å². The van der Waals surface area contributed by atoms with Gasteiger partial charge in [-0.15, -0.1) is 0 Å². The minimum atomic E-state index is 0.482. The Morgan fingerprint density at radius 1 is 1.19 bits per heavy atom. The van der Waals surface area contributed by atoms with Crippen molar-refractivity contribution in [1.29, 1.82) is 0 Å². The molecule has 0 amide bonds. The molecule has 2 rings (SSSR count). The molecule has 2 aromatic rings. The fourth-order valence-corrected chi connectivity index (χ4v) is 1.26. The third-order valence-electron chi connectivity index (χ3n) is 2.04. The molecule has 1 aromatic heterocycles. The molecule has 0 unspecified atom stereocenters. The van der Waals surface area contributed by atoms with Crippen LogP contribution in [0.1, 0.15) is 11.3 Å². The zero-order valence-electron chi connectivity index (χ0n) is 9.05. The molecule has 16 heavy (non-hydrogen) atoms. The first kappa shape index (κ1) is 10.6. The normalized spacial score (nSPS) is 10.1. The summed E-state index contributed by atoms with van der Waals surface area (Å²) in [5, 5.41) is 0. The van der Waals surface area contributed by atoms with Crippen LogP contribution < -0.4 is 5.48 Å². The van der Waals surface area contributed by atoms with Gasteiger partial charge in [0.2, 0.25) is 5.95 Å². The maximum Gasteiger partial charge on any atom is 0.247 e. The number of hydrogen-bond donors (Lipinski definition) is 1. The molecular weight excluding hydrogens is 202 g/mol. The fraction of sp³-hybridized carbons (Fsp3) is 0.167. The highest BCUT2D eigenvalue weighted by Crippen LogP contribution is 2.03. The van der Waals surface area contributed by atoms with Gasteiger partial charge >= 0.3 is 0 Å². The Hall–Kier alpha value is -1.94. The Kier molecular flexibility index (Phi) is 3.46. The zero-order chi connectivity index (χ0) is 11.2. The van der Waals surface area contributed by atoms with E-state index in [0.717, 1.165) is 11.3 Å². The molecule has 1 aromatic carbocycles. The van der Waals surface area contributed by atoms with Crippen molar-refractivity contribution in [3.63, 3.8) is 0 Å². The van der Waals surface area contributed by atoms with E-state index in [2.05, 4.69) is 15.4 Å². The molecule has 0 bridgehead atoms. The molecule has 0 saturated carbocycles. The van der Waals surface area contributed by atoms with Gasteiger partial charge in [-0.3, -0.25) is 4.84 Å². The smallest absolute Gasteiger partial charge is 0.247 e. The van der Waals surface area contributed by atoms with Gasteiger partial charge in [-0.25, -0.2) is 15.4 Å². The van der Waals surface area contributed by atoms with Gasteiger partial charge in [0.15, 0.2) is 0 Å². The maximum atomic E-state index is 5.29. The van der Waals surface area contributed by atoms with Gasteiger partial charge in [0, 0.05) is 11.9 Å². The van der Waals surface area contributed by atoms with Crippen LogP contribution in [0.3, 0.4) is 0 Å². The van der Waals surface area contributed by atoms with Gasteiger partial charge in [-0.1, -0.05) is 30.3 Å². The molecule has 4 nitrogen and oxygen atoms in total. The van der Waals surface area contributed by atoms with E-state index in [0.29, 0.717) is 12.6 Å². The highest BCUT2D eigenvalue weighted by molar-refractivity contribution is 5.21. The van der Waals surface area contributed by atoms with Gasteiger partial charge in [-0.05, 0) is 18.6 Å². The SMILES string of the molecule is Cc1ccnc(NOCc2ccccc2)n1. The second-order valence-corrected chi connectivity index (χ2v) is 3.40. The van der Waals surface area contributed by atoms with Gasteiger partial charge in [0.25, 0.3) is 0 Å². The van der Waals surface area contributed by atoms with E-state index in [1.165, 1.54) is 0 Å². The number of rotatable bonds is 4. The van der Waals surface area contributed by atoms with Crippen LogP contribution in [0.2, 0.25) is 0 Å². The van der Waals surface area contributed by atoms with Gasteiger partial charge in [-0.2, -0.15) is 0 Å². The minimum Gasteiger partial charge on any atom is -0.269 e. The molecule has 0 aliphatic carbocycles. The maximum absolute atomic E-state index is 5.29. The van der Waals surface area contributed by atoms with E-state index < -0.39 is 0 Å². The largest absolute Gasteiger partial charge is 0.269 e. The zero-order valence-corrected chi connectivity index (χ0v) is 9.05. The topological polar surface area (TPSA) is 47.0 Å². The summed E-state index contributed by atoms with van der Waals surface area (Å²) in [7, 11) is 0. The number of nitrogens with one attached hydrogen (secondary N) is 1. The lowest BCUT2D eigenvalue weighted by Gasteiger charge is -2.05. The molecular formula is C12H13N3O. The first-order valence-electron chi connectivity index (χ1n) is 5.06. The summed E-state index contributed by atoms with van der Waals surface area (Å²) in [6, 6.07) is 11.8. The lowest BCUT2D eigenvalue weighted by atomic mass is 10.2. The van der Waals surface area contributed by atoms with Crippen molar-refractivity contribution in [1.82, 2.24) is 9.97 Å². The van der Waals surface area contributed by atoms with Crippen LogP contribution in [-0.4, -0.2) is 9.97 Å². The number of aromatic nitrogens is 2. The molecule has 1 N–H and O–H groups in total. The highest BCUT2D eigenvalue weighted by Gasteiger charge is 1.96. The standard InChI is InChI=1S/C12H13N3O/c1-10-7-8-13-12(14-10)15-16-9-11-5-3-2-4-6-11/h2-8H,9H2,1H3,(H,13,14,15). The van der Waals surface area contributed by atoms with E-state index in [-0.39, 0.29) is 0 Å². The lowest BCUT2D eigenvalue weighted by Crippen LogP contribution is -2.05. The van der Waals surface area contributed by atoms with E-state index in [9.17, 15) is 0 Å². The molecule has 0 atom stereocenters. The van der Waals surface area contributed by atoms with Crippen molar-refractivity contribution in [3.8, 4) is 0 Å². The fourth-order valence-electron chi connectivity index (χ4n) is 1.26. The Morgan fingerprint density at radius 2 is 2.00 bits per heavy atom. The predicted molar refractivity (Wildman–Crippen MR) is 61.6 cm³/mol. The number of nitrogens with zero attached hydrogens (tertiary/aromatic N) is 2. The molecule has 82 valence electrons. The molecule has 0 fully saturated rings. The first-order valence-corrected chi connectivity index (χ1v) is 5.06. The molecule has 0 aliphatic heterocycles. The second-order valence-electron chi connectivity index (χ2n) is 3.40. The van der Waals surface area contributed by atoms with Crippen LogP contribution >= 0.6 is 0 Å². The van der Waals surface area contributed by atoms with Crippen molar-refractivity contribution in [3.05, 3.63) is 53.9 Å². The van der Waals surface area contributed by atoms with E-state index >= 15 is 0 Å². The number of aryl methyl sites for hydroxylation is 1. The summed E-state index contributed by atoms with van der Waals surface area (Å²) in [6.45, 7) is 2.39. The molecule has 4 heteroatoms. The minimum absolute atomic E-state index is 0.482. The third-order valence-corrected chi connectivity index (χ3v) is 2.04. The van der Waals surface area contributed by atoms with Crippen LogP contribution in [0.15, 0.2) is 42.6 Å². The Labute approximate surface area is 94.3 Å². The summed E-state index contributed by atoms with van der Waals surface area (Å²) < 4.78 is 0. The molecule has 0 spiro atoms. The number of hydrogen-bond acceptors (Lipinski definition) is 4. The molecule has 0 radical (unpaired) electrons. The van der Waals surface area contributed by atoms with Crippen molar-refractivity contribution < 1.29 is 4.84 Å². The Morgan fingerprint density at radius 3 is 2.75 bits per heavy atom. The van der Waals surface area contributed by atoms with Crippen LogP contribution in [0.25, 0.3) is 0 Å². The van der Waals surface area contributed by atoms with Crippen LogP contribution in [-0.2, 0) is 11.4 Å². The first-order chi connectivity index (χ1) is 7.84. The van der Waals surface area contributed by atoms with E-state index in [4.69, 9.17) is 4.84 Å². The molecule has 0 aliphatic rings. The van der Waals surface area contributed by atoms with Crippen LogP contribution in [0.4, 0.5) is 5.95 Å². The van der Waals surface area contributed by atoms with Gasteiger partial charge in [0.1, 0.15) is 0 Å². The molecule has 1 heterocycles. The highest BCUT2D eigenvalue weighted by atomic mass is 16.6. The van der Waals surface area contributed by atoms with Gasteiger partial charge in [0.05, 0.1) is 6.61 Å². The molecule has 0 saturated heterocycles. The van der Waals surface area contributed by atoms with Crippen molar-refractivity contribution >= 4 is 5.95 Å². The lowest BCUT2D eigenvalue weighted by molar-refractivity contribution is 0.177. The number of benzene rings is 1. The number of anilines is 1. The van der Waals surface area contributed by atoms with Gasteiger partial charge < -0.3 is 0 Å². The van der Waals surface area contributed by atoms with Crippen molar-refractivity contribution in [2.45, 2.75) is 13.5 Å². The predicted octanol–water partition coefficient (Wildman–Crippen LogP) is 2.33. The average molecular weight is 215 g/mol. The monoisotopic (exact) mass is 215 g/mol. The van der Waals surface area contributed by atoms with Crippen LogP contribution in [0.5, 0.6) is 0 Å². The average Bonchev–Trinajstić information content (AvgIpc) is 2.30. The van der Waals surface area contributed by atoms with E-state index in [1.807, 2.05) is 43.3 Å². The third kappa shape index (κ3) is 3.03. The summed E-state index contributed by atoms with van der Waals surface area (Å²) in [5.74, 6) is 0.482. The Balaban J connectivity index is 1.85. The summed E-state index contributed by atoms with van der Waals surface area (Å²) in [5.41, 5.74) is 4.71. The summed E-state index contributed by atoms with van der Waals surface area (Å²) in [4.78, 5) is 13.5. The second kappa shape index (κ2) is 5.23. The Bertz CT molecular complexity index is 445. The summed E-state index contributed by atoms with van der Waals surface area (Å²) >= 11 is 0. The quantitative estimate of drug-likeness (QED) is 0.795. The van der Waals surface area contributed by atoms with E-state index in [1.54, 1.807) is 6.20 Å². The van der Waals surface area contributed by atoms with Crippen molar-refractivity contribution in [2.75, 3.05) is 5.48 Å².